The summed E-state index contributed by atoms with van der Waals surface area (Å²) in [4.78, 5) is 4.97. The molecule has 112 valence electrons. The molecule has 20 heavy (non-hydrogen) atoms. The lowest BCUT2D eigenvalue weighted by molar-refractivity contribution is 0.204. The van der Waals surface area contributed by atoms with Gasteiger partial charge in [-0.15, -0.1) is 11.3 Å². The maximum absolute atomic E-state index is 12.4. The van der Waals surface area contributed by atoms with Crippen LogP contribution in [0.1, 0.15) is 13.3 Å². The van der Waals surface area contributed by atoms with Gasteiger partial charge in [-0.25, -0.2) is 18.1 Å². The minimum atomic E-state index is -3.63. The van der Waals surface area contributed by atoms with Gasteiger partial charge < -0.3 is 10.1 Å². The smallest absolute Gasteiger partial charge is 0.260 e. The SMILES string of the molecule is CCCNc1nc2sccn2c1S(=O)(=O)NCCOC. The van der Waals surface area contributed by atoms with Crippen LogP contribution in [0.2, 0.25) is 0 Å². The van der Waals surface area contributed by atoms with Gasteiger partial charge in [-0.3, -0.25) is 4.40 Å². The Labute approximate surface area is 122 Å². The number of imidazole rings is 1. The normalized spacial score (nSPS) is 12.1. The zero-order valence-corrected chi connectivity index (χ0v) is 13.1. The van der Waals surface area contributed by atoms with E-state index in [2.05, 4.69) is 15.0 Å². The van der Waals surface area contributed by atoms with Crippen molar-refractivity contribution in [2.24, 2.45) is 0 Å². The molecule has 9 heteroatoms. The fourth-order valence-corrected chi connectivity index (χ4v) is 3.77. The summed E-state index contributed by atoms with van der Waals surface area (Å²) in [6.07, 6.45) is 2.59. The summed E-state index contributed by atoms with van der Waals surface area (Å²) in [5.74, 6) is 0.392. The fraction of sp³-hybridized carbons (Fsp3) is 0.545. The molecule has 0 fully saturated rings. The van der Waals surface area contributed by atoms with Crippen LogP contribution in [0.5, 0.6) is 0 Å². The Balaban J connectivity index is 2.36. The molecule has 0 saturated carbocycles. The molecular formula is C11H18N4O3S2. The highest BCUT2D eigenvalue weighted by Gasteiger charge is 2.25. The Morgan fingerprint density at radius 2 is 2.25 bits per heavy atom. The first-order valence-electron chi connectivity index (χ1n) is 6.28. The van der Waals surface area contributed by atoms with Gasteiger partial charge in [0.25, 0.3) is 10.0 Å². The molecule has 0 atom stereocenters. The van der Waals surface area contributed by atoms with E-state index in [9.17, 15) is 8.42 Å². The average Bonchev–Trinajstić information content (AvgIpc) is 2.95. The Morgan fingerprint density at radius 3 is 2.95 bits per heavy atom. The Kier molecular flexibility index (Phi) is 4.97. The van der Waals surface area contributed by atoms with Crippen molar-refractivity contribution >= 4 is 32.1 Å². The van der Waals surface area contributed by atoms with Gasteiger partial charge in [0.2, 0.25) is 0 Å². The highest BCUT2D eigenvalue weighted by molar-refractivity contribution is 7.89. The molecule has 0 bridgehead atoms. The van der Waals surface area contributed by atoms with Gasteiger partial charge in [0.15, 0.2) is 15.8 Å². The molecule has 0 aliphatic heterocycles. The Bertz CT molecular complexity index is 662. The number of rotatable bonds is 8. The van der Waals surface area contributed by atoms with Crippen LogP contribution < -0.4 is 10.0 Å². The Hall–Kier alpha value is -1.16. The molecule has 0 radical (unpaired) electrons. The van der Waals surface area contributed by atoms with Crippen LogP contribution >= 0.6 is 11.3 Å². The molecule has 0 aliphatic rings. The van der Waals surface area contributed by atoms with E-state index in [1.807, 2.05) is 6.92 Å². The van der Waals surface area contributed by atoms with E-state index < -0.39 is 10.0 Å². The molecule has 0 aliphatic carbocycles. The number of sulfonamides is 1. The lowest BCUT2D eigenvalue weighted by Crippen LogP contribution is -2.28. The van der Waals surface area contributed by atoms with Crippen LogP contribution in [-0.4, -0.2) is 44.6 Å². The minimum absolute atomic E-state index is 0.151. The Morgan fingerprint density at radius 1 is 1.45 bits per heavy atom. The molecule has 0 spiro atoms. The molecule has 0 saturated heterocycles. The van der Waals surface area contributed by atoms with E-state index >= 15 is 0 Å². The third-order valence-electron chi connectivity index (χ3n) is 2.61. The van der Waals surface area contributed by atoms with E-state index in [1.54, 1.807) is 16.0 Å². The van der Waals surface area contributed by atoms with Crippen molar-refractivity contribution in [3.05, 3.63) is 11.6 Å². The van der Waals surface area contributed by atoms with Gasteiger partial charge in [0, 0.05) is 31.8 Å². The monoisotopic (exact) mass is 318 g/mol. The molecular weight excluding hydrogens is 300 g/mol. The summed E-state index contributed by atoms with van der Waals surface area (Å²) >= 11 is 1.40. The average molecular weight is 318 g/mol. The van der Waals surface area contributed by atoms with Crippen LogP contribution in [0.3, 0.4) is 0 Å². The summed E-state index contributed by atoms with van der Waals surface area (Å²) in [6, 6.07) is 0. The molecule has 2 N–H and O–H groups in total. The zero-order chi connectivity index (χ0) is 14.6. The van der Waals surface area contributed by atoms with Gasteiger partial charge in [0.05, 0.1) is 6.61 Å². The first kappa shape index (κ1) is 15.2. The highest BCUT2D eigenvalue weighted by Crippen LogP contribution is 2.25. The number of fused-ring (bicyclic) bond motifs is 1. The number of hydrogen-bond donors (Lipinski definition) is 2. The first-order valence-corrected chi connectivity index (χ1v) is 8.64. The predicted molar refractivity (Wildman–Crippen MR) is 78.9 cm³/mol. The van der Waals surface area contributed by atoms with Gasteiger partial charge in [-0.2, -0.15) is 0 Å². The lowest BCUT2D eigenvalue weighted by atomic mass is 10.5. The van der Waals surface area contributed by atoms with E-state index in [-0.39, 0.29) is 11.6 Å². The summed E-state index contributed by atoms with van der Waals surface area (Å²) in [6.45, 7) is 3.23. The van der Waals surface area contributed by atoms with Crippen molar-refractivity contribution in [2.75, 3.05) is 32.1 Å². The molecule has 0 amide bonds. The molecule has 2 heterocycles. The number of nitrogens with zero attached hydrogens (tertiary/aromatic N) is 2. The van der Waals surface area contributed by atoms with E-state index in [1.165, 1.54) is 18.4 Å². The number of thiazole rings is 1. The number of anilines is 1. The molecule has 2 rings (SSSR count). The molecule has 0 unspecified atom stereocenters. The van der Waals surface area contributed by atoms with Crippen molar-refractivity contribution in [3.63, 3.8) is 0 Å². The maximum Gasteiger partial charge on any atom is 0.260 e. The van der Waals surface area contributed by atoms with Crippen LogP contribution in [-0.2, 0) is 14.8 Å². The maximum atomic E-state index is 12.4. The quantitative estimate of drug-likeness (QED) is 0.713. The highest BCUT2D eigenvalue weighted by atomic mass is 32.2. The van der Waals surface area contributed by atoms with Gasteiger partial charge in [-0.1, -0.05) is 6.92 Å². The van der Waals surface area contributed by atoms with Crippen LogP contribution in [0, 0.1) is 0 Å². The van der Waals surface area contributed by atoms with Crippen molar-refractivity contribution in [2.45, 2.75) is 18.4 Å². The van der Waals surface area contributed by atoms with Crippen LogP contribution in [0.15, 0.2) is 16.6 Å². The zero-order valence-electron chi connectivity index (χ0n) is 11.4. The second-order valence-corrected chi connectivity index (χ2v) is 6.69. The van der Waals surface area contributed by atoms with E-state index in [4.69, 9.17) is 4.74 Å². The predicted octanol–water partition coefficient (Wildman–Crippen LogP) is 1.14. The number of nitrogens with one attached hydrogen (secondary N) is 2. The van der Waals surface area contributed by atoms with Crippen LogP contribution in [0.4, 0.5) is 5.82 Å². The standard InChI is InChI=1S/C11H18N4O3S2/c1-3-4-12-9-10(15-6-8-19-11(15)14-9)20(16,17)13-5-7-18-2/h6,8,12-13H,3-5,7H2,1-2H3. The van der Waals surface area contributed by atoms with E-state index in [0.29, 0.717) is 23.9 Å². The van der Waals surface area contributed by atoms with Gasteiger partial charge in [-0.05, 0) is 6.42 Å². The first-order chi connectivity index (χ1) is 9.60. The number of hydrogen-bond acceptors (Lipinski definition) is 6. The fourth-order valence-electron chi connectivity index (χ4n) is 1.73. The number of ether oxygens (including phenoxy) is 1. The molecule has 0 aromatic carbocycles. The van der Waals surface area contributed by atoms with Crippen molar-refractivity contribution in [1.29, 1.82) is 0 Å². The van der Waals surface area contributed by atoms with E-state index in [0.717, 1.165) is 6.42 Å². The molecule has 2 aromatic rings. The molecule has 2 aromatic heterocycles. The minimum Gasteiger partial charge on any atom is -0.383 e. The number of methoxy groups -OCH3 is 1. The third kappa shape index (κ3) is 3.11. The third-order valence-corrected chi connectivity index (χ3v) is 4.85. The lowest BCUT2D eigenvalue weighted by Gasteiger charge is -2.08. The van der Waals surface area contributed by atoms with Gasteiger partial charge in [0.1, 0.15) is 0 Å². The van der Waals surface area contributed by atoms with Gasteiger partial charge >= 0.3 is 0 Å². The second kappa shape index (κ2) is 6.53. The number of aromatic nitrogens is 2. The second-order valence-electron chi connectivity index (χ2n) is 4.14. The van der Waals surface area contributed by atoms with Crippen molar-refractivity contribution < 1.29 is 13.2 Å². The summed E-state index contributed by atoms with van der Waals surface area (Å²) < 4.78 is 33.8. The summed E-state index contributed by atoms with van der Waals surface area (Å²) in [5.41, 5.74) is 0. The largest absolute Gasteiger partial charge is 0.383 e. The van der Waals surface area contributed by atoms with Crippen LogP contribution in [0.25, 0.3) is 4.96 Å². The van der Waals surface area contributed by atoms with Crippen molar-refractivity contribution in [3.8, 4) is 0 Å². The molecule has 7 nitrogen and oxygen atoms in total. The summed E-state index contributed by atoms with van der Waals surface area (Å²) in [7, 11) is -2.11. The van der Waals surface area contributed by atoms with Crippen molar-refractivity contribution in [1.82, 2.24) is 14.1 Å². The topological polar surface area (TPSA) is 84.7 Å². The summed E-state index contributed by atoms with van der Waals surface area (Å²) in [5, 5.41) is 5.02.